The minimum atomic E-state index is -0.442. The molecule has 0 atom stereocenters. The van der Waals surface area contributed by atoms with Crippen LogP contribution in [0.15, 0.2) is 18.3 Å². The summed E-state index contributed by atoms with van der Waals surface area (Å²) in [7, 11) is 1.37. The van der Waals surface area contributed by atoms with E-state index >= 15 is 0 Å². The minimum absolute atomic E-state index is 0.210. The van der Waals surface area contributed by atoms with E-state index in [0.29, 0.717) is 5.56 Å². The van der Waals surface area contributed by atoms with Crippen LogP contribution in [0.4, 0.5) is 4.79 Å². The molecule has 2 heterocycles. The Hall–Kier alpha value is -2.15. The van der Waals surface area contributed by atoms with E-state index in [1.165, 1.54) is 7.11 Å². The molecule has 0 aromatic carbocycles. The van der Waals surface area contributed by atoms with Crippen molar-refractivity contribution >= 4 is 12.1 Å². The maximum absolute atomic E-state index is 12.1. The van der Waals surface area contributed by atoms with Crippen LogP contribution in [-0.2, 0) is 15.9 Å². The lowest BCUT2D eigenvalue weighted by molar-refractivity contribution is 0.0144. The molecule has 0 spiro atoms. The van der Waals surface area contributed by atoms with Crippen LogP contribution in [0.5, 0.6) is 0 Å². The Morgan fingerprint density at radius 2 is 1.79 bits per heavy atom. The molecular weight excluding hydrogens is 358 g/mol. The molecule has 1 aromatic heterocycles. The number of aryl methyl sites for hydroxylation is 1. The van der Waals surface area contributed by atoms with E-state index < -0.39 is 5.60 Å². The number of nitrogens with zero attached hydrogens (tertiary/aromatic N) is 3. The summed E-state index contributed by atoms with van der Waals surface area (Å²) in [6.45, 7) is 9.98. The number of unbranched alkanes of at least 4 members (excludes halogenated alkanes) is 2. The largest absolute Gasteiger partial charge is 0.465 e. The lowest BCUT2D eigenvalue weighted by Crippen LogP contribution is -2.50. The first-order valence-corrected chi connectivity index (χ1v) is 10.0. The van der Waals surface area contributed by atoms with Gasteiger partial charge in [0, 0.05) is 38.1 Å². The van der Waals surface area contributed by atoms with E-state index in [-0.39, 0.29) is 12.1 Å². The number of pyridine rings is 1. The highest BCUT2D eigenvalue weighted by Gasteiger charge is 2.25. The van der Waals surface area contributed by atoms with Crippen molar-refractivity contribution in [1.29, 1.82) is 0 Å². The van der Waals surface area contributed by atoms with Crippen molar-refractivity contribution in [3.8, 4) is 0 Å². The molecule has 1 aliphatic rings. The topological polar surface area (TPSA) is 72.0 Å². The molecule has 0 saturated carbocycles. The van der Waals surface area contributed by atoms with E-state index in [1.54, 1.807) is 17.2 Å². The van der Waals surface area contributed by atoms with Crippen molar-refractivity contribution in [2.75, 3.05) is 39.8 Å². The normalized spacial score (nSPS) is 15.4. The van der Waals surface area contributed by atoms with Crippen molar-refractivity contribution in [2.24, 2.45) is 0 Å². The van der Waals surface area contributed by atoms with E-state index in [4.69, 9.17) is 4.74 Å². The molecule has 7 heteroatoms. The molecule has 1 aromatic rings. The highest BCUT2D eigenvalue weighted by molar-refractivity contribution is 5.88. The zero-order chi connectivity index (χ0) is 20.6. The Morgan fingerprint density at radius 1 is 1.07 bits per heavy atom. The lowest BCUT2D eigenvalue weighted by Gasteiger charge is -2.35. The average Bonchev–Trinajstić information content (AvgIpc) is 2.66. The van der Waals surface area contributed by atoms with Gasteiger partial charge in [-0.05, 0) is 58.7 Å². The smallest absolute Gasteiger partial charge is 0.410 e. The van der Waals surface area contributed by atoms with E-state index in [1.807, 2.05) is 26.8 Å². The second-order valence-corrected chi connectivity index (χ2v) is 8.15. The zero-order valence-electron chi connectivity index (χ0n) is 17.6. The van der Waals surface area contributed by atoms with Crippen LogP contribution in [0, 0.1) is 0 Å². The molecule has 1 amide bonds. The number of carbonyl (C=O) groups is 2. The fourth-order valence-corrected chi connectivity index (χ4v) is 3.11. The third-order valence-electron chi connectivity index (χ3n) is 4.68. The van der Waals surface area contributed by atoms with Gasteiger partial charge in [-0.2, -0.15) is 0 Å². The number of esters is 1. The first-order chi connectivity index (χ1) is 13.3. The molecule has 7 nitrogen and oxygen atoms in total. The minimum Gasteiger partial charge on any atom is -0.465 e. The van der Waals surface area contributed by atoms with Gasteiger partial charge in [0.1, 0.15) is 5.60 Å². The second kappa shape index (κ2) is 10.4. The molecule has 0 bridgehead atoms. The third kappa shape index (κ3) is 7.46. The summed E-state index contributed by atoms with van der Waals surface area (Å²) >= 11 is 0. The SMILES string of the molecule is COC(=O)c1ccc(CCCCCN2CCN(C(=O)OC(C)(C)C)CC2)nc1. The van der Waals surface area contributed by atoms with Gasteiger partial charge in [0.15, 0.2) is 0 Å². The summed E-state index contributed by atoms with van der Waals surface area (Å²) in [5, 5.41) is 0. The first kappa shape index (κ1) is 22.1. The molecule has 156 valence electrons. The molecule has 1 fully saturated rings. The summed E-state index contributed by atoms with van der Waals surface area (Å²) in [5.41, 5.74) is 1.04. The number of amides is 1. The Balaban J connectivity index is 1.58. The fourth-order valence-electron chi connectivity index (χ4n) is 3.11. The van der Waals surface area contributed by atoms with Crippen LogP contribution in [0.1, 0.15) is 56.1 Å². The first-order valence-electron chi connectivity index (χ1n) is 10.0. The van der Waals surface area contributed by atoms with Gasteiger partial charge in [-0.1, -0.05) is 6.42 Å². The van der Waals surface area contributed by atoms with Gasteiger partial charge in [0.05, 0.1) is 12.7 Å². The fraction of sp³-hybridized carbons (Fsp3) is 0.667. The van der Waals surface area contributed by atoms with Crippen molar-refractivity contribution in [3.63, 3.8) is 0 Å². The Labute approximate surface area is 168 Å². The molecular formula is C21H33N3O4. The van der Waals surface area contributed by atoms with Crippen LogP contribution in [0.25, 0.3) is 0 Å². The van der Waals surface area contributed by atoms with Crippen LogP contribution in [0.2, 0.25) is 0 Å². The number of methoxy groups -OCH3 is 1. The second-order valence-electron chi connectivity index (χ2n) is 8.15. The third-order valence-corrected chi connectivity index (χ3v) is 4.68. The highest BCUT2D eigenvalue weighted by Crippen LogP contribution is 2.13. The molecule has 1 aliphatic heterocycles. The van der Waals surface area contributed by atoms with Crippen LogP contribution >= 0.6 is 0 Å². The number of rotatable bonds is 7. The van der Waals surface area contributed by atoms with Gasteiger partial charge < -0.3 is 14.4 Å². The van der Waals surface area contributed by atoms with Crippen LogP contribution in [-0.4, -0.2) is 72.3 Å². The maximum Gasteiger partial charge on any atom is 0.410 e. The van der Waals surface area contributed by atoms with Gasteiger partial charge in [-0.15, -0.1) is 0 Å². The number of carbonyl (C=O) groups excluding carboxylic acids is 2. The van der Waals surface area contributed by atoms with Crippen molar-refractivity contribution in [3.05, 3.63) is 29.6 Å². The van der Waals surface area contributed by atoms with E-state index in [2.05, 4.69) is 14.6 Å². The maximum atomic E-state index is 12.1. The standard InChI is InChI=1S/C21H33N3O4/c1-21(2,3)28-20(26)24-14-12-23(13-15-24)11-7-5-6-8-18-10-9-17(16-22-18)19(25)27-4/h9-10,16H,5-8,11-15H2,1-4H3. The summed E-state index contributed by atoms with van der Waals surface area (Å²) in [4.78, 5) is 32.0. The van der Waals surface area contributed by atoms with Gasteiger partial charge in [0.2, 0.25) is 0 Å². The Kier molecular flexibility index (Phi) is 8.23. The molecule has 1 saturated heterocycles. The quantitative estimate of drug-likeness (QED) is 0.525. The summed E-state index contributed by atoms with van der Waals surface area (Å²) < 4.78 is 10.1. The number of aromatic nitrogens is 1. The molecule has 0 N–H and O–H groups in total. The van der Waals surface area contributed by atoms with E-state index in [0.717, 1.165) is 64.1 Å². The van der Waals surface area contributed by atoms with Gasteiger partial charge in [-0.25, -0.2) is 9.59 Å². The molecule has 28 heavy (non-hydrogen) atoms. The predicted molar refractivity (Wildman–Crippen MR) is 107 cm³/mol. The highest BCUT2D eigenvalue weighted by atomic mass is 16.6. The van der Waals surface area contributed by atoms with Crippen molar-refractivity contribution in [2.45, 2.75) is 52.1 Å². The van der Waals surface area contributed by atoms with Crippen molar-refractivity contribution in [1.82, 2.24) is 14.8 Å². The predicted octanol–water partition coefficient (Wildman–Crippen LogP) is 3.13. The Morgan fingerprint density at radius 3 is 2.36 bits per heavy atom. The number of piperazine rings is 1. The summed E-state index contributed by atoms with van der Waals surface area (Å²) in [6, 6.07) is 3.65. The number of hydrogen-bond acceptors (Lipinski definition) is 6. The molecule has 0 unspecified atom stereocenters. The monoisotopic (exact) mass is 391 g/mol. The lowest BCUT2D eigenvalue weighted by atomic mass is 10.1. The Bertz CT molecular complexity index is 632. The molecule has 0 radical (unpaired) electrons. The molecule has 0 aliphatic carbocycles. The molecule has 2 rings (SSSR count). The van der Waals surface area contributed by atoms with Crippen molar-refractivity contribution < 1.29 is 19.1 Å². The zero-order valence-corrected chi connectivity index (χ0v) is 17.6. The van der Waals surface area contributed by atoms with Crippen LogP contribution < -0.4 is 0 Å². The van der Waals surface area contributed by atoms with Gasteiger partial charge in [-0.3, -0.25) is 9.88 Å². The van der Waals surface area contributed by atoms with Gasteiger partial charge in [0.25, 0.3) is 0 Å². The summed E-state index contributed by atoms with van der Waals surface area (Å²) in [5.74, 6) is -0.356. The average molecular weight is 392 g/mol. The summed E-state index contributed by atoms with van der Waals surface area (Å²) in [6.07, 6.45) is 5.61. The number of ether oxygens (including phenoxy) is 2. The van der Waals surface area contributed by atoms with E-state index in [9.17, 15) is 9.59 Å². The van der Waals surface area contributed by atoms with Gasteiger partial charge >= 0.3 is 12.1 Å². The van der Waals surface area contributed by atoms with Crippen LogP contribution in [0.3, 0.4) is 0 Å². The number of hydrogen-bond donors (Lipinski definition) is 0.